The lowest BCUT2D eigenvalue weighted by atomic mass is 10.2. The Morgan fingerprint density at radius 3 is 2.76 bits per heavy atom. The molecule has 0 bridgehead atoms. The number of nitrogens with one attached hydrogen (secondary N) is 2. The SMILES string of the molecule is O=C(O)c1cc(Cl)cc(S(=O)(=O)NCc2nn[nH]n2)c1F. The van der Waals surface area contributed by atoms with Crippen LogP contribution in [0.4, 0.5) is 4.39 Å². The third-order valence-electron chi connectivity index (χ3n) is 2.33. The fourth-order valence-corrected chi connectivity index (χ4v) is 2.80. The van der Waals surface area contributed by atoms with Crippen LogP contribution in [0.3, 0.4) is 0 Å². The van der Waals surface area contributed by atoms with Crippen LogP contribution in [0.2, 0.25) is 5.02 Å². The summed E-state index contributed by atoms with van der Waals surface area (Å²) in [5.41, 5.74) is -0.845. The molecule has 112 valence electrons. The topological polar surface area (TPSA) is 138 Å². The third kappa shape index (κ3) is 3.32. The second-order valence-electron chi connectivity index (χ2n) is 3.72. The van der Waals surface area contributed by atoms with Gasteiger partial charge in [-0.15, -0.1) is 10.2 Å². The van der Waals surface area contributed by atoms with E-state index < -0.39 is 32.3 Å². The Labute approximate surface area is 122 Å². The number of hydrogen-bond acceptors (Lipinski definition) is 6. The molecule has 2 rings (SSSR count). The van der Waals surface area contributed by atoms with Crippen molar-refractivity contribution in [2.24, 2.45) is 0 Å². The highest BCUT2D eigenvalue weighted by Crippen LogP contribution is 2.23. The third-order valence-corrected chi connectivity index (χ3v) is 3.95. The van der Waals surface area contributed by atoms with Crippen LogP contribution in [0.1, 0.15) is 16.2 Å². The number of nitrogens with zero attached hydrogens (tertiary/aromatic N) is 3. The van der Waals surface area contributed by atoms with Gasteiger partial charge in [-0.05, 0) is 12.1 Å². The first-order valence-corrected chi connectivity index (χ1v) is 7.11. The summed E-state index contributed by atoms with van der Waals surface area (Å²) in [6.07, 6.45) is 0. The van der Waals surface area contributed by atoms with Crippen molar-refractivity contribution in [3.63, 3.8) is 0 Å². The molecule has 0 aliphatic carbocycles. The Kier molecular flexibility index (Phi) is 4.16. The van der Waals surface area contributed by atoms with Gasteiger partial charge in [0.15, 0.2) is 11.6 Å². The maximum atomic E-state index is 14.0. The summed E-state index contributed by atoms with van der Waals surface area (Å²) in [6, 6.07) is 1.62. The lowest BCUT2D eigenvalue weighted by Crippen LogP contribution is -2.25. The van der Waals surface area contributed by atoms with Crippen LogP contribution in [0.15, 0.2) is 17.0 Å². The van der Waals surface area contributed by atoms with Crippen molar-refractivity contribution in [3.8, 4) is 0 Å². The number of rotatable bonds is 5. The largest absolute Gasteiger partial charge is 0.478 e. The first-order chi connectivity index (χ1) is 9.81. The molecular weight excluding hydrogens is 329 g/mol. The molecule has 0 saturated carbocycles. The number of aromatic amines is 1. The van der Waals surface area contributed by atoms with Gasteiger partial charge in [-0.2, -0.15) is 5.21 Å². The van der Waals surface area contributed by atoms with E-state index in [-0.39, 0.29) is 17.4 Å². The molecular formula is C9H7ClFN5O4S. The highest BCUT2D eigenvalue weighted by Gasteiger charge is 2.25. The molecule has 1 aromatic heterocycles. The van der Waals surface area contributed by atoms with Gasteiger partial charge in [-0.1, -0.05) is 16.8 Å². The first-order valence-electron chi connectivity index (χ1n) is 5.25. The molecule has 0 amide bonds. The van der Waals surface area contributed by atoms with E-state index in [4.69, 9.17) is 16.7 Å². The molecule has 2 aromatic rings. The smallest absolute Gasteiger partial charge is 0.338 e. The molecule has 0 atom stereocenters. The average Bonchev–Trinajstić information content (AvgIpc) is 2.91. The Morgan fingerprint density at radius 1 is 1.48 bits per heavy atom. The fourth-order valence-electron chi connectivity index (χ4n) is 1.41. The highest BCUT2D eigenvalue weighted by atomic mass is 35.5. The van der Waals surface area contributed by atoms with Crippen molar-refractivity contribution >= 4 is 27.6 Å². The summed E-state index contributed by atoms with van der Waals surface area (Å²) in [5.74, 6) is -3.02. The lowest BCUT2D eigenvalue weighted by Gasteiger charge is -2.08. The van der Waals surface area contributed by atoms with Crippen molar-refractivity contribution in [2.75, 3.05) is 0 Å². The Bertz CT molecular complexity index is 780. The van der Waals surface area contributed by atoms with E-state index in [1.165, 1.54) is 0 Å². The fraction of sp³-hybridized carbons (Fsp3) is 0.111. The molecule has 21 heavy (non-hydrogen) atoms. The van der Waals surface area contributed by atoms with Gasteiger partial charge >= 0.3 is 5.97 Å². The minimum absolute atomic E-state index is 0.0273. The summed E-state index contributed by atoms with van der Waals surface area (Å²) in [7, 11) is -4.34. The Hall–Kier alpha value is -2.11. The van der Waals surface area contributed by atoms with Crippen molar-refractivity contribution in [1.82, 2.24) is 25.3 Å². The van der Waals surface area contributed by atoms with Crippen LogP contribution in [0, 0.1) is 5.82 Å². The number of hydrogen-bond donors (Lipinski definition) is 3. The lowest BCUT2D eigenvalue weighted by molar-refractivity contribution is 0.0691. The zero-order chi connectivity index (χ0) is 15.6. The number of H-pyrrole nitrogens is 1. The number of carboxylic acid groups (broad SMARTS) is 1. The summed E-state index contributed by atoms with van der Waals surface area (Å²) in [5, 5.41) is 20.9. The van der Waals surface area contributed by atoms with E-state index in [9.17, 15) is 17.6 Å². The van der Waals surface area contributed by atoms with Gasteiger partial charge in [-0.3, -0.25) is 0 Å². The maximum absolute atomic E-state index is 14.0. The van der Waals surface area contributed by atoms with Gasteiger partial charge in [0.1, 0.15) is 4.90 Å². The monoisotopic (exact) mass is 335 g/mol. The van der Waals surface area contributed by atoms with E-state index in [1.54, 1.807) is 0 Å². The van der Waals surface area contributed by atoms with Crippen molar-refractivity contribution in [3.05, 3.63) is 34.4 Å². The number of halogens is 2. The molecule has 1 aromatic carbocycles. The molecule has 9 nitrogen and oxygen atoms in total. The molecule has 0 aliphatic heterocycles. The van der Waals surface area contributed by atoms with Gasteiger partial charge in [0.2, 0.25) is 10.0 Å². The van der Waals surface area contributed by atoms with Crippen LogP contribution in [0.5, 0.6) is 0 Å². The predicted molar refractivity (Wildman–Crippen MR) is 66.6 cm³/mol. The van der Waals surface area contributed by atoms with E-state index >= 15 is 0 Å². The van der Waals surface area contributed by atoms with Gasteiger partial charge in [0.25, 0.3) is 0 Å². The van der Waals surface area contributed by atoms with Crippen LogP contribution in [-0.4, -0.2) is 40.1 Å². The number of carbonyl (C=O) groups is 1. The van der Waals surface area contributed by atoms with Crippen LogP contribution < -0.4 is 4.72 Å². The van der Waals surface area contributed by atoms with E-state index in [0.717, 1.165) is 12.1 Å². The standard InChI is InChI=1S/C9H7ClFN5O4S/c10-4-1-5(9(17)18)8(11)6(2-4)21(19,20)12-3-7-13-15-16-14-7/h1-2,12H,3H2,(H,17,18)(H,13,14,15,16). The second-order valence-corrected chi connectivity index (χ2v) is 5.90. The minimum atomic E-state index is -4.34. The summed E-state index contributed by atoms with van der Waals surface area (Å²) >= 11 is 5.61. The normalized spacial score (nSPS) is 11.5. The highest BCUT2D eigenvalue weighted by molar-refractivity contribution is 7.89. The van der Waals surface area contributed by atoms with Crippen LogP contribution in [0.25, 0.3) is 0 Å². The molecule has 0 saturated heterocycles. The maximum Gasteiger partial charge on any atom is 0.338 e. The molecule has 12 heteroatoms. The van der Waals surface area contributed by atoms with Gasteiger partial charge in [0, 0.05) is 5.02 Å². The zero-order valence-electron chi connectivity index (χ0n) is 10.0. The number of aromatic nitrogens is 4. The van der Waals surface area contributed by atoms with Crippen molar-refractivity contribution in [1.29, 1.82) is 0 Å². The second kappa shape index (κ2) is 5.71. The summed E-state index contributed by atoms with van der Waals surface area (Å²) in [4.78, 5) is 9.97. The predicted octanol–water partition coefficient (Wildman–Crippen LogP) is 0.169. The quantitative estimate of drug-likeness (QED) is 0.707. The Morgan fingerprint density at radius 2 is 2.19 bits per heavy atom. The Balaban J connectivity index is 2.37. The van der Waals surface area contributed by atoms with E-state index in [1.807, 2.05) is 4.72 Å². The molecule has 1 heterocycles. The van der Waals surface area contributed by atoms with Crippen molar-refractivity contribution in [2.45, 2.75) is 11.4 Å². The van der Waals surface area contributed by atoms with Gasteiger partial charge in [0.05, 0.1) is 12.1 Å². The molecule has 0 spiro atoms. The van der Waals surface area contributed by atoms with Crippen LogP contribution in [-0.2, 0) is 16.6 Å². The molecule has 0 radical (unpaired) electrons. The number of aromatic carboxylic acids is 1. The summed E-state index contributed by atoms with van der Waals surface area (Å²) in [6.45, 7) is -0.354. The van der Waals surface area contributed by atoms with E-state index in [2.05, 4.69) is 20.6 Å². The van der Waals surface area contributed by atoms with Crippen LogP contribution >= 0.6 is 11.6 Å². The molecule has 3 N–H and O–H groups in total. The number of carboxylic acids is 1. The van der Waals surface area contributed by atoms with E-state index in [0.29, 0.717) is 0 Å². The molecule has 0 aliphatic rings. The minimum Gasteiger partial charge on any atom is -0.478 e. The number of sulfonamides is 1. The van der Waals surface area contributed by atoms with Gasteiger partial charge < -0.3 is 5.11 Å². The summed E-state index contributed by atoms with van der Waals surface area (Å²) < 4.78 is 39.9. The first kappa shape index (κ1) is 15.3. The average molecular weight is 336 g/mol. The zero-order valence-corrected chi connectivity index (χ0v) is 11.6. The number of benzene rings is 1. The molecule has 0 unspecified atom stereocenters. The van der Waals surface area contributed by atoms with Gasteiger partial charge in [-0.25, -0.2) is 22.3 Å². The van der Waals surface area contributed by atoms with Crippen molar-refractivity contribution < 1.29 is 22.7 Å². The number of tetrazole rings is 1. The molecule has 0 fully saturated rings.